The van der Waals surface area contributed by atoms with Gasteiger partial charge in [0.2, 0.25) is 0 Å². The van der Waals surface area contributed by atoms with Crippen molar-refractivity contribution < 1.29 is 10.8 Å². The molecule has 0 aliphatic heterocycles. The summed E-state index contributed by atoms with van der Waals surface area (Å²) in [5, 5.41) is 8.40. The molecular weight excluding hydrogens is 90.1 g/mol. The summed E-state index contributed by atoms with van der Waals surface area (Å²) in [5.74, 6) is 0. The predicted octanol–water partition coefficient (Wildman–Crippen LogP) is -0.611. The molecule has 1 atom stereocenters. The number of rotatable bonds is 3. The summed E-state index contributed by atoms with van der Waals surface area (Å²) in [7, 11) is 0. The van der Waals surface area contributed by atoms with Crippen molar-refractivity contribution in [3.63, 3.8) is 0 Å². The number of hydrogen-bond donors (Lipinski definition) is 2. The molecule has 0 saturated carbocycles. The normalized spacial score (nSPS) is 14.1. The molecule has 0 fully saturated rings. The van der Waals surface area contributed by atoms with Crippen molar-refractivity contribution in [3.05, 3.63) is 0 Å². The van der Waals surface area contributed by atoms with Gasteiger partial charge in [0, 0.05) is 6.42 Å². The second-order valence-electron chi connectivity index (χ2n) is 1.84. The maximum Gasteiger partial charge on any atom is 0.108 e. The Morgan fingerprint density at radius 3 is 2.43 bits per heavy atom. The van der Waals surface area contributed by atoms with Crippen LogP contribution in [0.4, 0.5) is 0 Å². The van der Waals surface area contributed by atoms with E-state index in [2.05, 4.69) is 12.7 Å². The Labute approximate surface area is 44.3 Å². The Balaban J connectivity index is 2.83. The molecule has 0 radical (unpaired) electrons. The van der Waals surface area contributed by atoms with Gasteiger partial charge in [-0.25, -0.2) is 0 Å². The lowest BCUT2D eigenvalue weighted by atomic mass is 10.2. The number of quaternary nitrogens is 1. The van der Waals surface area contributed by atoms with E-state index in [0.29, 0.717) is 0 Å². The standard InChI is InChI=1S/C5H13NO/c1-2-3-5(6)4-7/h5,7H,2-4,6H2,1H3/p+1/t5-/m1/s1. The quantitative estimate of drug-likeness (QED) is 0.493. The highest BCUT2D eigenvalue weighted by Gasteiger charge is 1.98. The van der Waals surface area contributed by atoms with E-state index in [1.807, 2.05) is 0 Å². The van der Waals surface area contributed by atoms with Gasteiger partial charge in [-0.2, -0.15) is 0 Å². The van der Waals surface area contributed by atoms with E-state index < -0.39 is 0 Å². The average Bonchev–Trinajstić information content (AvgIpc) is 1.68. The van der Waals surface area contributed by atoms with Gasteiger partial charge in [0.05, 0.1) is 6.61 Å². The fraction of sp³-hybridized carbons (Fsp3) is 1.00. The van der Waals surface area contributed by atoms with E-state index >= 15 is 0 Å². The average molecular weight is 104 g/mol. The predicted molar refractivity (Wildman–Crippen MR) is 28.7 cm³/mol. The van der Waals surface area contributed by atoms with Crippen molar-refractivity contribution in [3.8, 4) is 0 Å². The second-order valence-corrected chi connectivity index (χ2v) is 1.84. The van der Waals surface area contributed by atoms with Crippen molar-refractivity contribution in [1.82, 2.24) is 0 Å². The lowest BCUT2D eigenvalue weighted by Gasteiger charge is -1.98. The van der Waals surface area contributed by atoms with E-state index in [9.17, 15) is 0 Å². The topological polar surface area (TPSA) is 47.9 Å². The Bertz CT molecular complexity index is 39.1. The summed E-state index contributed by atoms with van der Waals surface area (Å²) in [4.78, 5) is 0. The lowest BCUT2D eigenvalue weighted by Crippen LogP contribution is -2.62. The molecule has 0 aliphatic carbocycles. The molecule has 4 N–H and O–H groups in total. The van der Waals surface area contributed by atoms with Gasteiger partial charge in [-0.15, -0.1) is 0 Å². The minimum Gasteiger partial charge on any atom is -0.390 e. The molecule has 0 aromatic carbocycles. The van der Waals surface area contributed by atoms with Crippen LogP contribution in [0.3, 0.4) is 0 Å². The zero-order valence-corrected chi connectivity index (χ0v) is 4.85. The Hall–Kier alpha value is -0.0800. The lowest BCUT2D eigenvalue weighted by molar-refractivity contribution is -0.426. The fourth-order valence-corrected chi connectivity index (χ4v) is 0.500. The van der Waals surface area contributed by atoms with E-state index in [1.165, 1.54) is 0 Å². The molecule has 7 heavy (non-hydrogen) atoms. The summed E-state index contributed by atoms with van der Waals surface area (Å²) in [6, 6.07) is 0.255. The van der Waals surface area contributed by atoms with Crippen molar-refractivity contribution in [1.29, 1.82) is 0 Å². The van der Waals surface area contributed by atoms with Crippen molar-refractivity contribution >= 4 is 0 Å². The molecule has 0 rings (SSSR count). The molecule has 0 bridgehead atoms. The second kappa shape index (κ2) is 4.09. The first-order valence-corrected chi connectivity index (χ1v) is 2.75. The van der Waals surface area contributed by atoms with E-state index in [4.69, 9.17) is 5.11 Å². The number of aliphatic hydroxyl groups excluding tert-OH is 1. The summed E-state index contributed by atoms with van der Waals surface area (Å²) < 4.78 is 0. The molecular formula is C5H14NO+. The third kappa shape index (κ3) is 3.76. The molecule has 0 heterocycles. The highest BCUT2D eigenvalue weighted by molar-refractivity contribution is 4.46. The number of aliphatic hydroxyl groups is 1. The van der Waals surface area contributed by atoms with Crippen molar-refractivity contribution in [2.75, 3.05) is 6.61 Å². The van der Waals surface area contributed by atoms with Crippen molar-refractivity contribution in [2.24, 2.45) is 0 Å². The monoisotopic (exact) mass is 104 g/mol. The smallest absolute Gasteiger partial charge is 0.108 e. The highest BCUT2D eigenvalue weighted by atomic mass is 16.3. The summed E-state index contributed by atoms with van der Waals surface area (Å²) >= 11 is 0. The van der Waals surface area contributed by atoms with Crippen LogP contribution in [0.25, 0.3) is 0 Å². The van der Waals surface area contributed by atoms with Crippen LogP contribution in [-0.2, 0) is 0 Å². The fourth-order valence-electron chi connectivity index (χ4n) is 0.500. The van der Waals surface area contributed by atoms with Crippen LogP contribution in [0.1, 0.15) is 19.8 Å². The van der Waals surface area contributed by atoms with Gasteiger partial charge in [-0.1, -0.05) is 13.3 Å². The molecule has 2 nitrogen and oxygen atoms in total. The van der Waals surface area contributed by atoms with Crippen LogP contribution in [0.2, 0.25) is 0 Å². The van der Waals surface area contributed by atoms with Gasteiger partial charge in [-0.05, 0) is 0 Å². The van der Waals surface area contributed by atoms with Crippen LogP contribution >= 0.6 is 0 Å². The zero-order chi connectivity index (χ0) is 5.70. The Morgan fingerprint density at radius 2 is 2.29 bits per heavy atom. The molecule has 2 heteroatoms. The summed E-state index contributed by atoms with van der Waals surface area (Å²) in [6.07, 6.45) is 2.16. The maximum atomic E-state index is 8.40. The van der Waals surface area contributed by atoms with Crippen LogP contribution < -0.4 is 5.73 Å². The first-order valence-electron chi connectivity index (χ1n) is 2.75. The van der Waals surface area contributed by atoms with E-state index in [0.717, 1.165) is 12.8 Å². The van der Waals surface area contributed by atoms with Crippen LogP contribution in [0, 0.1) is 0 Å². The minimum absolute atomic E-state index is 0.230. The van der Waals surface area contributed by atoms with Gasteiger partial charge in [0.15, 0.2) is 0 Å². The summed E-state index contributed by atoms with van der Waals surface area (Å²) in [6.45, 7) is 2.32. The molecule has 0 spiro atoms. The van der Waals surface area contributed by atoms with Gasteiger partial charge < -0.3 is 10.8 Å². The van der Waals surface area contributed by atoms with Gasteiger partial charge >= 0.3 is 0 Å². The van der Waals surface area contributed by atoms with E-state index in [1.54, 1.807) is 0 Å². The minimum atomic E-state index is 0.230. The Morgan fingerprint density at radius 1 is 1.71 bits per heavy atom. The zero-order valence-electron chi connectivity index (χ0n) is 4.85. The molecule has 0 aliphatic rings. The van der Waals surface area contributed by atoms with Gasteiger partial charge in [-0.3, -0.25) is 0 Å². The summed E-state index contributed by atoms with van der Waals surface area (Å²) in [5.41, 5.74) is 3.70. The third-order valence-electron chi connectivity index (χ3n) is 0.955. The first kappa shape index (κ1) is 6.92. The van der Waals surface area contributed by atoms with Crippen molar-refractivity contribution in [2.45, 2.75) is 25.8 Å². The SMILES string of the molecule is CCC[C@@H]([NH3+])CO. The van der Waals surface area contributed by atoms with Crippen LogP contribution in [0.15, 0.2) is 0 Å². The molecule has 0 saturated heterocycles. The molecule has 0 amide bonds. The molecule has 44 valence electrons. The first-order chi connectivity index (χ1) is 3.31. The van der Waals surface area contributed by atoms with Crippen LogP contribution in [-0.4, -0.2) is 17.8 Å². The van der Waals surface area contributed by atoms with Crippen LogP contribution in [0.5, 0.6) is 0 Å². The van der Waals surface area contributed by atoms with Gasteiger partial charge in [0.1, 0.15) is 6.04 Å². The number of hydrogen-bond acceptors (Lipinski definition) is 1. The molecule has 0 aromatic rings. The third-order valence-corrected chi connectivity index (χ3v) is 0.955. The highest BCUT2D eigenvalue weighted by Crippen LogP contribution is 1.87. The Kier molecular flexibility index (Phi) is 4.04. The largest absolute Gasteiger partial charge is 0.390 e. The molecule has 0 unspecified atom stereocenters. The van der Waals surface area contributed by atoms with Gasteiger partial charge in [0.25, 0.3) is 0 Å². The maximum absolute atomic E-state index is 8.40. The van der Waals surface area contributed by atoms with E-state index in [-0.39, 0.29) is 12.6 Å². The molecule has 0 aromatic heterocycles.